The van der Waals surface area contributed by atoms with E-state index in [-0.39, 0.29) is 24.4 Å². The fourth-order valence-electron chi connectivity index (χ4n) is 2.68. The summed E-state index contributed by atoms with van der Waals surface area (Å²) in [5.74, 6) is 0.939. The summed E-state index contributed by atoms with van der Waals surface area (Å²) in [7, 11) is 0. The number of rotatable bonds is 3. The van der Waals surface area contributed by atoms with Gasteiger partial charge in [0.15, 0.2) is 0 Å². The van der Waals surface area contributed by atoms with Crippen molar-refractivity contribution in [1.82, 2.24) is 10.6 Å². The van der Waals surface area contributed by atoms with E-state index < -0.39 is 0 Å². The van der Waals surface area contributed by atoms with Crippen molar-refractivity contribution in [1.29, 1.82) is 0 Å². The van der Waals surface area contributed by atoms with E-state index in [0.29, 0.717) is 12.0 Å². The van der Waals surface area contributed by atoms with Crippen LogP contribution in [-0.2, 0) is 4.79 Å². The highest BCUT2D eigenvalue weighted by Gasteiger charge is 2.30. The molecule has 2 N–H and O–H groups in total. The predicted octanol–water partition coefficient (Wildman–Crippen LogP) is 1.86. The molecule has 1 heterocycles. The van der Waals surface area contributed by atoms with Crippen molar-refractivity contribution < 1.29 is 4.79 Å². The van der Waals surface area contributed by atoms with Crippen molar-refractivity contribution in [3.63, 3.8) is 0 Å². The first-order valence-corrected chi connectivity index (χ1v) is 6.35. The molecule has 1 saturated carbocycles. The Hall–Kier alpha value is -0.280. The lowest BCUT2D eigenvalue weighted by molar-refractivity contribution is -0.126. The maximum absolute atomic E-state index is 11.8. The van der Waals surface area contributed by atoms with Gasteiger partial charge >= 0.3 is 0 Å². The van der Waals surface area contributed by atoms with Crippen molar-refractivity contribution in [2.24, 2.45) is 5.92 Å². The first-order valence-electron chi connectivity index (χ1n) is 6.35. The van der Waals surface area contributed by atoms with Crippen LogP contribution in [0.15, 0.2) is 0 Å². The minimum absolute atomic E-state index is 0. The van der Waals surface area contributed by atoms with E-state index in [1.165, 1.54) is 32.1 Å². The second-order valence-electron chi connectivity index (χ2n) is 4.86. The minimum Gasteiger partial charge on any atom is -0.352 e. The van der Waals surface area contributed by atoms with Gasteiger partial charge in [0.2, 0.25) is 5.91 Å². The molecule has 1 amide bonds. The number of halogens is 1. The van der Waals surface area contributed by atoms with Crippen LogP contribution in [0.25, 0.3) is 0 Å². The molecule has 1 aliphatic heterocycles. The average Bonchev–Trinajstić information content (AvgIpc) is 2.15. The van der Waals surface area contributed by atoms with Gasteiger partial charge in [0.05, 0.1) is 6.04 Å². The van der Waals surface area contributed by atoms with Crippen LogP contribution in [0, 0.1) is 5.92 Å². The monoisotopic (exact) mass is 246 g/mol. The lowest BCUT2D eigenvalue weighted by Crippen LogP contribution is -2.56. The molecule has 2 aliphatic rings. The summed E-state index contributed by atoms with van der Waals surface area (Å²) in [4.78, 5) is 11.8. The van der Waals surface area contributed by atoms with Crippen LogP contribution in [0.5, 0.6) is 0 Å². The van der Waals surface area contributed by atoms with E-state index in [2.05, 4.69) is 17.6 Å². The Morgan fingerprint density at radius 1 is 1.31 bits per heavy atom. The van der Waals surface area contributed by atoms with Crippen LogP contribution in [0.2, 0.25) is 0 Å². The maximum Gasteiger partial charge on any atom is 0.237 e. The zero-order valence-electron chi connectivity index (χ0n) is 10.00. The van der Waals surface area contributed by atoms with Gasteiger partial charge in [-0.1, -0.05) is 26.2 Å². The van der Waals surface area contributed by atoms with E-state index >= 15 is 0 Å². The van der Waals surface area contributed by atoms with Gasteiger partial charge in [-0.3, -0.25) is 4.79 Å². The Labute approximate surface area is 104 Å². The Morgan fingerprint density at radius 2 is 2.00 bits per heavy atom. The summed E-state index contributed by atoms with van der Waals surface area (Å²) >= 11 is 0. The number of nitrogens with one attached hydrogen (secondary N) is 2. The molecule has 0 spiro atoms. The minimum atomic E-state index is 0. The summed E-state index contributed by atoms with van der Waals surface area (Å²) in [6.07, 6.45) is 7.29. The van der Waals surface area contributed by atoms with Gasteiger partial charge in [0.1, 0.15) is 0 Å². The van der Waals surface area contributed by atoms with E-state index in [4.69, 9.17) is 0 Å². The van der Waals surface area contributed by atoms with Crippen molar-refractivity contribution >= 4 is 18.3 Å². The second kappa shape index (κ2) is 6.45. The molecule has 2 fully saturated rings. The molecule has 3 atom stereocenters. The van der Waals surface area contributed by atoms with Crippen LogP contribution >= 0.6 is 12.4 Å². The van der Waals surface area contributed by atoms with Gasteiger partial charge in [-0.2, -0.15) is 0 Å². The number of carbonyl (C=O) groups is 1. The molecule has 1 saturated heterocycles. The van der Waals surface area contributed by atoms with E-state index in [0.717, 1.165) is 13.0 Å². The van der Waals surface area contributed by atoms with Crippen LogP contribution in [0.4, 0.5) is 0 Å². The third kappa shape index (κ3) is 3.11. The van der Waals surface area contributed by atoms with Crippen molar-refractivity contribution in [3.8, 4) is 0 Å². The molecular weight excluding hydrogens is 224 g/mol. The molecule has 4 heteroatoms. The molecule has 16 heavy (non-hydrogen) atoms. The van der Waals surface area contributed by atoms with Crippen molar-refractivity contribution in [3.05, 3.63) is 0 Å². The quantitative estimate of drug-likeness (QED) is 0.798. The lowest BCUT2D eigenvalue weighted by Gasteiger charge is -2.34. The van der Waals surface area contributed by atoms with Gasteiger partial charge in [0.25, 0.3) is 0 Å². The highest BCUT2D eigenvalue weighted by molar-refractivity contribution is 5.85. The smallest absolute Gasteiger partial charge is 0.237 e. The summed E-state index contributed by atoms with van der Waals surface area (Å²) in [5, 5.41) is 6.38. The summed E-state index contributed by atoms with van der Waals surface area (Å²) < 4.78 is 0. The molecule has 1 aliphatic carbocycles. The Balaban J connectivity index is 0.00000128. The molecule has 2 rings (SSSR count). The van der Waals surface area contributed by atoms with Crippen LogP contribution in [-0.4, -0.2) is 24.5 Å². The Morgan fingerprint density at radius 3 is 2.56 bits per heavy atom. The topological polar surface area (TPSA) is 41.1 Å². The number of carbonyl (C=O) groups excluding carboxylic acids is 1. The third-order valence-electron chi connectivity index (χ3n) is 3.90. The van der Waals surface area contributed by atoms with Crippen molar-refractivity contribution in [2.45, 2.75) is 57.5 Å². The number of hydrogen-bond acceptors (Lipinski definition) is 2. The van der Waals surface area contributed by atoms with Gasteiger partial charge in [-0.05, 0) is 31.7 Å². The first kappa shape index (κ1) is 13.8. The molecule has 2 unspecified atom stereocenters. The Kier molecular flexibility index (Phi) is 5.56. The first-order chi connectivity index (χ1) is 7.31. The fraction of sp³-hybridized carbons (Fsp3) is 0.917. The molecule has 0 bridgehead atoms. The maximum atomic E-state index is 11.8. The molecule has 94 valence electrons. The predicted molar refractivity (Wildman–Crippen MR) is 67.8 cm³/mol. The molecule has 3 nitrogen and oxygen atoms in total. The zero-order valence-corrected chi connectivity index (χ0v) is 10.8. The highest BCUT2D eigenvalue weighted by Crippen LogP contribution is 2.26. The van der Waals surface area contributed by atoms with Gasteiger partial charge in [0, 0.05) is 6.04 Å². The average molecular weight is 247 g/mol. The van der Waals surface area contributed by atoms with E-state index in [1.807, 2.05) is 0 Å². The largest absolute Gasteiger partial charge is 0.352 e. The third-order valence-corrected chi connectivity index (χ3v) is 3.90. The zero-order chi connectivity index (χ0) is 10.7. The van der Waals surface area contributed by atoms with Crippen LogP contribution < -0.4 is 10.6 Å². The van der Waals surface area contributed by atoms with E-state index in [1.54, 1.807) is 0 Å². The summed E-state index contributed by atoms with van der Waals surface area (Å²) in [6, 6.07) is 0.545. The highest BCUT2D eigenvalue weighted by atomic mass is 35.5. The normalized spacial score (nSPS) is 33.4. The number of hydrogen-bond donors (Lipinski definition) is 2. The number of amides is 1. The second-order valence-corrected chi connectivity index (χ2v) is 4.86. The Bertz CT molecular complexity index is 231. The molecule has 0 aromatic heterocycles. The molecule has 0 aromatic rings. The van der Waals surface area contributed by atoms with Crippen LogP contribution in [0.1, 0.15) is 45.4 Å². The lowest BCUT2D eigenvalue weighted by atomic mass is 9.82. The van der Waals surface area contributed by atoms with Crippen LogP contribution in [0.3, 0.4) is 0 Å². The molecule has 0 radical (unpaired) electrons. The fourth-order valence-corrected chi connectivity index (χ4v) is 2.68. The summed E-state index contributed by atoms with van der Waals surface area (Å²) in [5.41, 5.74) is 0. The van der Waals surface area contributed by atoms with Gasteiger partial charge in [-0.15, -0.1) is 12.4 Å². The summed E-state index contributed by atoms with van der Waals surface area (Å²) in [6.45, 7) is 3.23. The molecule has 0 aromatic carbocycles. The standard InChI is InChI=1S/C12H22N2O.ClH/c1-2-9-5-3-4-6-10(9)14-12(15)11-7-8-13-11;/h9-11,13H,2-8H2,1H3,(H,14,15);1H/t9?,10?,11-;/m1./s1. The van der Waals surface area contributed by atoms with E-state index in [9.17, 15) is 4.79 Å². The van der Waals surface area contributed by atoms with Crippen molar-refractivity contribution in [2.75, 3.05) is 6.54 Å². The SMILES string of the molecule is CCC1CCCCC1NC(=O)[C@H]1CCN1.Cl. The molecular formula is C12H23ClN2O. The van der Waals surface area contributed by atoms with Gasteiger partial charge < -0.3 is 10.6 Å². The van der Waals surface area contributed by atoms with Gasteiger partial charge in [-0.25, -0.2) is 0 Å².